The Kier molecular flexibility index (Phi) is 4.41. The molecular formula is C12H11BrN2O2. The fourth-order valence-corrected chi connectivity index (χ4v) is 1.67. The zero-order valence-electron chi connectivity index (χ0n) is 9.45. The van der Waals surface area contributed by atoms with Gasteiger partial charge in [-0.2, -0.15) is 5.26 Å². The highest BCUT2D eigenvalue weighted by Crippen LogP contribution is 2.19. The topological polar surface area (TPSA) is 70.0 Å². The molecule has 0 fully saturated rings. The summed E-state index contributed by atoms with van der Waals surface area (Å²) in [7, 11) is 1.39. The Bertz CT molecular complexity index is 506. The number of halogens is 1. The van der Waals surface area contributed by atoms with Crippen LogP contribution >= 0.6 is 15.9 Å². The Hall–Kier alpha value is -1.67. The maximum Gasteiger partial charge on any atom is 0.245 e. The maximum atomic E-state index is 11.9. The summed E-state index contributed by atoms with van der Waals surface area (Å²) in [6.07, 6.45) is 0. The van der Waals surface area contributed by atoms with Crippen molar-refractivity contribution in [2.24, 2.45) is 5.92 Å². The first kappa shape index (κ1) is 13.4. The molecule has 1 aromatic rings. The molecule has 0 heterocycles. The smallest absolute Gasteiger partial charge is 0.245 e. The van der Waals surface area contributed by atoms with Crippen LogP contribution in [0.5, 0.6) is 0 Å². The second kappa shape index (κ2) is 5.60. The summed E-state index contributed by atoms with van der Waals surface area (Å²) in [6.45, 7) is 1.89. The number of Topliss-reactive ketones (excluding diaryl/α,β-unsaturated/α-hetero) is 1. The van der Waals surface area contributed by atoms with Gasteiger partial charge in [0.25, 0.3) is 0 Å². The lowest BCUT2D eigenvalue weighted by atomic mass is 9.97. The number of nitriles is 1. The second-order valence-corrected chi connectivity index (χ2v) is 4.36. The number of hydrogen-bond donors (Lipinski definition) is 1. The van der Waals surface area contributed by atoms with Gasteiger partial charge in [0.1, 0.15) is 0 Å². The van der Waals surface area contributed by atoms with Crippen molar-refractivity contribution in [1.29, 1.82) is 5.26 Å². The summed E-state index contributed by atoms with van der Waals surface area (Å²) < 4.78 is 0.775. The number of amides is 1. The monoisotopic (exact) mass is 294 g/mol. The van der Waals surface area contributed by atoms with Gasteiger partial charge in [-0.25, -0.2) is 0 Å². The second-order valence-electron chi connectivity index (χ2n) is 3.50. The third-order valence-corrected chi connectivity index (χ3v) is 3.21. The predicted octanol–water partition coefficient (Wildman–Crippen LogP) is 1.83. The van der Waals surface area contributed by atoms with Crippen LogP contribution < -0.4 is 5.32 Å². The van der Waals surface area contributed by atoms with Crippen LogP contribution in [0.4, 0.5) is 0 Å². The van der Waals surface area contributed by atoms with Crippen molar-refractivity contribution in [3.8, 4) is 6.07 Å². The molecule has 0 spiro atoms. The van der Waals surface area contributed by atoms with Crippen LogP contribution in [0.2, 0.25) is 0 Å². The van der Waals surface area contributed by atoms with E-state index in [0.29, 0.717) is 5.56 Å². The molecular weight excluding hydrogens is 284 g/mol. The summed E-state index contributed by atoms with van der Waals surface area (Å²) in [5.41, 5.74) is 1.33. The molecule has 0 bridgehead atoms. The fraction of sp³-hybridized carbons (Fsp3) is 0.250. The molecule has 1 atom stereocenters. The molecule has 4 nitrogen and oxygen atoms in total. The number of hydrogen-bond acceptors (Lipinski definition) is 3. The highest BCUT2D eigenvalue weighted by molar-refractivity contribution is 9.10. The van der Waals surface area contributed by atoms with Gasteiger partial charge in [0, 0.05) is 17.1 Å². The van der Waals surface area contributed by atoms with Gasteiger partial charge in [-0.15, -0.1) is 0 Å². The third-order valence-electron chi connectivity index (χ3n) is 2.36. The van der Waals surface area contributed by atoms with Gasteiger partial charge in [0.05, 0.1) is 6.07 Å². The third kappa shape index (κ3) is 2.92. The first-order valence-electron chi connectivity index (χ1n) is 4.92. The molecule has 0 aliphatic rings. The van der Waals surface area contributed by atoms with Gasteiger partial charge in [0.2, 0.25) is 5.91 Å². The molecule has 5 heteroatoms. The van der Waals surface area contributed by atoms with Gasteiger partial charge in [-0.05, 0) is 18.6 Å². The van der Waals surface area contributed by atoms with Crippen molar-refractivity contribution in [2.75, 3.05) is 7.05 Å². The minimum absolute atomic E-state index is 0.345. The highest BCUT2D eigenvalue weighted by Gasteiger charge is 2.26. The molecule has 0 aliphatic carbocycles. The van der Waals surface area contributed by atoms with Crippen molar-refractivity contribution in [3.63, 3.8) is 0 Å². The number of carbonyl (C=O) groups is 2. The molecule has 1 amide bonds. The van der Waals surface area contributed by atoms with Gasteiger partial charge in [-0.1, -0.05) is 28.1 Å². The van der Waals surface area contributed by atoms with Gasteiger partial charge in [-0.3, -0.25) is 9.59 Å². The summed E-state index contributed by atoms with van der Waals surface area (Å²) in [5, 5.41) is 11.1. The minimum Gasteiger partial charge on any atom is -0.358 e. The van der Waals surface area contributed by atoms with Crippen LogP contribution in [-0.4, -0.2) is 18.7 Å². The molecule has 0 aliphatic heterocycles. The van der Waals surface area contributed by atoms with Crippen LogP contribution in [0.3, 0.4) is 0 Å². The van der Waals surface area contributed by atoms with Crippen molar-refractivity contribution in [2.45, 2.75) is 6.92 Å². The Balaban J connectivity index is 3.07. The SMILES string of the molecule is CNC(=O)[C@H](C#N)C(=O)c1ccc(C)c(Br)c1. The van der Waals surface area contributed by atoms with Crippen LogP contribution in [-0.2, 0) is 4.79 Å². The zero-order chi connectivity index (χ0) is 13.0. The van der Waals surface area contributed by atoms with E-state index >= 15 is 0 Å². The summed E-state index contributed by atoms with van der Waals surface area (Å²) in [5.74, 6) is -2.38. The van der Waals surface area contributed by atoms with Crippen LogP contribution in [0, 0.1) is 24.2 Å². The number of rotatable bonds is 3. The Morgan fingerprint density at radius 3 is 2.59 bits per heavy atom. The Morgan fingerprint density at radius 1 is 1.47 bits per heavy atom. The molecule has 88 valence electrons. The number of ketones is 1. The molecule has 1 aromatic carbocycles. The van der Waals surface area contributed by atoms with Crippen molar-refractivity contribution in [3.05, 3.63) is 33.8 Å². The molecule has 0 unspecified atom stereocenters. The van der Waals surface area contributed by atoms with Gasteiger partial charge >= 0.3 is 0 Å². The quantitative estimate of drug-likeness (QED) is 0.683. The average Bonchev–Trinajstić information content (AvgIpc) is 2.33. The van der Waals surface area contributed by atoms with Gasteiger partial charge in [0.15, 0.2) is 11.7 Å². The number of carbonyl (C=O) groups excluding carboxylic acids is 2. The Labute approximate surface area is 108 Å². The van der Waals surface area contributed by atoms with E-state index < -0.39 is 17.6 Å². The van der Waals surface area contributed by atoms with E-state index in [1.807, 2.05) is 6.92 Å². The Morgan fingerprint density at radius 2 is 2.12 bits per heavy atom. The molecule has 0 aromatic heterocycles. The zero-order valence-corrected chi connectivity index (χ0v) is 11.0. The number of aryl methyl sites for hydroxylation is 1. The normalized spacial score (nSPS) is 11.4. The van der Waals surface area contributed by atoms with E-state index in [4.69, 9.17) is 5.26 Å². The van der Waals surface area contributed by atoms with E-state index in [0.717, 1.165) is 10.0 Å². The molecule has 1 N–H and O–H groups in total. The first-order chi connectivity index (χ1) is 8.01. The lowest BCUT2D eigenvalue weighted by Gasteiger charge is -2.07. The van der Waals surface area contributed by atoms with E-state index in [-0.39, 0.29) is 0 Å². The molecule has 0 saturated heterocycles. The average molecular weight is 295 g/mol. The first-order valence-corrected chi connectivity index (χ1v) is 5.72. The summed E-state index contributed by atoms with van der Waals surface area (Å²) in [4.78, 5) is 23.3. The van der Waals surface area contributed by atoms with Crippen LogP contribution in [0.1, 0.15) is 15.9 Å². The number of nitrogens with zero attached hydrogens (tertiary/aromatic N) is 1. The number of benzene rings is 1. The lowest BCUT2D eigenvalue weighted by molar-refractivity contribution is -0.121. The largest absolute Gasteiger partial charge is 0.358 e. The van der Waals surface area contributed by atoms with Crippen LogP contribution in [0.25, 0.3) is 0 Å². The van der Waals surface area contributed by atoms with E-state index in [9.17, 15) is 9.59 Å². The van der Waals surface area contributed by atoms with E-state index in [1.165, 1.54) is 7.05 Å². The van der Waals surface area contributed by atoms with Gasteiger partial charge < -0.3 is 5.32 Å². The molecule has 17 heavy (non-hydrogen) atoms. The fourth-order valence-electron chi connectivity index (χ4n) is 1.29. The molecule has 0 saturated carbocycles. The molecule has 1 rings (SSSR count). The van der Waals surface area contributed by atoms with Crippen molar-refractivity contribution >= 4 is 27.6 Å². The predicted molar refractivity (Wildman–Crippen MR) is 66.4 cm³/mol. The minimum atomic E-state index is -1.30. The van der Waals surface area contributed by atoms with Crippen molar-refractivity contribution in [1.82, 2.24) is 5.32 Å². The maximum absolute atomic E-state index is 11.9. The number of nitrogens with one attached hydrogen (secondary N) is 1. The summed E-state index contributed by atoms with van der Waals surface area (Å²) >= 11 is 3.30. The summed E-state index contributed by atoms with van der Waals surface area (Å²) in [6, 6.07) is 6.69. The van der Waals surface area contributed by atoms with E-state index in [1.54, 1.807) is 24.3 Å². The lowest BCUT2D eigenvalue weighted by Crippen LogP contribution is -2.32. The van der Waals surface area contributed by atoms with Crippen LogP contribution in [0.15, 0.2) is 22.7 Å². The molecule has 0 radical (unpaired) electrons. The van der Waals surface area contributed by atoms with Crippen molar-refractivity contribution < 1.29 is 9.59 Å². The highest BCUT2D eigenvalue weighted by atomic mass is 79.9. The van der Waals surface area contributed by atoms with E-state index in [2.05, 4.69) is 21.2 Å². The standard InChI is InChI=1S/C12H11BrN2O2/c1-7-3-4-8(5-10(7)13)11(16)9(6-14)12(17)15-2/h3-5,9H,1-2H3,(H,15,17)/t9-/m1/s1.